The SMILES string of the molecule is CCC1CCC(c2ccccc2CC2CCC3CCCCC32)C1CC. The maximum atomic E-state index is 2.49. The van der Waals surface area contributed by atoms with E-state index >= 15 is 0 Å². The molecule has 0 heterocycles. The number of rotatable bonds is 5. The molecule has 0 radical (unpaired) electrons. The van der Waals surface area contributed by atoms with Gasteiger partial charge in [0.2, 0.25) is 0 Å². The third-order valence-electron chi connectivity index (χ3n) is 8.38. The minimum Gasteiger partial charge on any atom is -0.0651 e. The first-order chi connectivity index (χ1) is 12.3. The second-order valence-electron chi connectivity index (χ2n) is 9.37. The van der Waals surface area contributed by atoms with Gasteiger partial charge in [-0.1, -0.05) is 70.2 Å². The van der Waals surface area contributed by atoms with Crippen LogP contribution < -0.4 is 0 Å². The van der Waals surface area contributed by atoms with Gasteiger partial charge in [-0.3, -0.25) is 0 Å². The van der Waals surface area contributed by atoms with Gasteiger partial charge in [-0.25, -0.2) is 0 Å². The maximum Gasteiger partial charge on any atom is -0.0128 e. The average Bonchev–Trinajstić information content (AvgIpc) is 3.26. The quantitative estimate of drug-likeness (QED) is 0.525. The average molecular weight is 339 g/mol. The standard InChI is InChI=1S/C25H38/c1-3-18-15-16-25(22(18)4-2)24-12-8-6-10-20(24)17-21-14-13-19-9-5-7-11-23(19)21/h6,8,10,12,18-19,21-23,25H,3-5,7,9,11,13-17H2,1-2H3. The van der Waals surface area contributed by atoms with Crippen LogP contribution in [0.1, 0.15) is 95.1 Å². The van der Waals surface area contributed by atoms with Gasteiger partial charge in [0.25, 0.3) is 0 Å². The molecule has 0 spiro atoms. The van der Waals surface area contributed by atoms with Crippen molar-refractivity contribution in [3.8, 4) is 0 Å². The van der Waals surface area contributed by atoms with Gasteiger partial charge in [-0.05, 0) is 85.2 Å². The highest BCUT2D eigenvalue weighted by atomic mass is 14.4. The number of benzene rings is 1. The first-order valence-electron chi connectivity index (χ1n) is 11.4. The highest BCUT2D eigenvalue weighted by Crippen LogP contribution is 2.50. The molecule has 0 amide bonds. The number of fused-ring (bicyclic) bond motifs is 1. The van der Waals surface area contributed by atoms with Crippen LogP contribution in [-0.4, -0.2) is 0 Å². The van der Waals surface area contributed by atoms with Crippen molar-refractivity contribution < 1.29 is 0 Å². The lowest BCUT2D eigenvalue weighted by Crippen LogP contribution is -2.21. The zero-order valence-electron chi connectivity index (χ0n) is 16.6. The van der Waals surface area contributed by atoms with E-state index in [1.54, 1.807) is 11.1 Å². The van der Waals surface area contributed by atoms with Crippen LogP contribution in [0.25, 0.3) is 0 Å². The van der Waals surface area contributed by atoms with Crippen molar-refractivity contribution in [2.24, 2.45) is 29.6 Å². The minimum absolute atomic E-state index is 0.842. The van der Waals surface area contributed by atoms with Crippen LogP contribution in [0.3, 0.4) is 0 Å². The van der Waals surface area contributed by atoms with E-state index in [-0.39, 0.29) is 0 Å². The van der Waals surface area contributed by atoms with Crippen LogP contribution in [0.2, 0.25) is 0 Å². The fraction of sp³-hybridized carbons (Fsp3) is 0.760. The van der Waals surface area contributed by atoms with Gasteiger partial charge >= 0.3 is 0 Å². The smallest absolute Gasteiger partial charge is 0.0128 e. The second kappa shape index (κ2) is 7.85. The third-order valence-corrected chi connectivity index (χ3v) is 8.38. The zero-order chi connectivity index (χ0) is 17.2. The molecular formula is C25H38. The first-order valence-corrected chi connectivity index (χ1v) is 11.4. The summed E-state index contributed by atoms with van der Waals surface area (Å²) in [7, 11) is 0. The molecule has 1 aromatic carbocycles. The molecule has 3 fully saturated rings. The van der Waals surface area contributed by atoms with Crippen molar-refractivity contribution >= 4 is 0 Å². The molecule has 0 N–H and O–H groups in total. The first kappa shape index (κ1) is 17.6. The molecule has 25 heavy (non-hydrogen) atoms. The Morgan fingerprint density at radius 3 is 2.44 bits per heavy atom. The summed E-state index contributed by atoms with van der Waals surface area (Å²) in [6, 6.07) is 9.59. The number of hydrogen-bond acceptors (Lipinski definition) is 0. The monoisotopic (exact) mass is 338 g/mol. The minimum atomic E-state index is 0.842. The van der Waals surface area contributed by atoms with E-state index in [9.17, 15) is 0 Å². The Balaban J connectivity index is 1.53. The molecule has 0 nitrogen and oxygen atoms in total. The second-order valence-corrected chi connectivity index (χ2v) is 9.37. The van der Waals surface area contributed by atoms with Gasteiger partial charge in [0.05, 0.1) is 0 Å². The van der Waals surface area contributed by atoms with Gasteiger partial charge in [0, 0.05) is 0 Å². The van der Waals surface area contributed by atoms with Crippen molar-refractivity contribution in [1.82, 2.24) is 0 Å². The van der Waals surface area contributed by atoms with E-state index in [2.05, 4.69) is 38.1 Å². The molecule has 0 aliphatic heterocycles. The topological polar surface area (TPSA) is 0 Å². The van der Waals surface area contributed by atoms with E-state index < -0.39 is 0 Å². The van der Waals surface area contributed by atoms with Crippen molar-refractivity contribution in [2.75, 3.05) is 0 Å². The van der Waals surface area contributed by atoms with Crippen molar-refractivity contribution in [3.63, 3.8) is 0 Å². The Morgan fingerprint density at radius 2 is 1.60 bits per heavy atom. The molecule has 4 rings (SSSR count). The summed E-state index contributed by atoms with van der Waals surface area (Å²) in [5.74, 6) is 5.85. The van der Waals surface area contributed by atoms with Gasteiger partial charge in [-0.2, -0.15) is 0 Å². The normalized spacial score (nSPS) is 38.0. The molecule has 6 atom stereocenters. The Labute approximate surface area is 155 Å². The van der Waals surface area contributed by atoms with Crippen molar-refractivity contribution in [3.05, 3.63) is 35.4 Å². The molecule has 3 aliphatic rings. The van der Waals surface area contributed by atoms with Gasteiger partial charge in [0.15, 0.2) is 0 Å². The van der Waals surface area contributed by atoms with Crippen LogP contribution in [0.4, 0.5) is 0 Å². The summed E-state index contributed by atoms with van der Waals surface area (Å²) >= 11 is 0. The lowest BCUT2D eigenvalue weighted by Gasteiger charge is -2.31. The summed E-state index contributed by atoms with van der Waals surface area (Å²) in [5.41, 5.74) is 3.46. The van der Waals surface area contributed by atoms with Crippen LogP contribution in [0.15, 0.2) is 24.3 Å². The molecule has 1 aromatic rings. The third kappa shape index (κ3) is 3.43. The predicted octanol–water partition coefficient (Wildman–Crippen LogP) is 7.38. The number of hydrogen-bond donors (Lipinski definition) is 0. The summed E-state index contributed by atoms with van der Waals surface area (Å²) in [4.78, 5) is 0. The lowest BCUT2D eigenvalue weighted by molar-refractivity contribution is 0.227. The Hall–Kier alpha value is -0.780. The molecule has 0 heteroatoms. The Kier molecular flexibility index (Phi) is 5.53. The maximum absolute atomic E-state index is 2.49. The van der Waals surface area contributed by atoms with Crippen molar-refractivity contribution in [1.29, 1.82) is 0 Å². The molecular weight excluding hydrogens is 300 g/mol. The summed E-state index contributed by atoms with van der Waals surface area (Å²) in [5, 5.41) is 0. The Bertz CT molecular complexity index is 559. The predicted molar refractivity (Wildman–Crippen MR) is 108 cm³/mol. The van der Waals surface area contributed by atoms with Crippen molar-refractivity contribution in [2.45, 2.75) is 90.4 Å². The zero-order valence-corrected chi connectivity index (χ0v) is 16.6. The van der Waals surface area contributed by atoms with Gasteiger partial charge in [-0.15, -0.1) is 0 Å². The molecule has 0 aromatic heterocycles. The van der Waals surface area contributed by atoms with Crippen LogP contribution in [0, 0.1) is 29.6 Å². The molecule has 3 saturated carbocycles. The fourth-order valence-corrected chi connectivity index (χ4v) is 7.14. The van der Waals surface area contributed by atoms with Crippen LogP contribution in [0.5, 0.6) is 0 Å². The molecule has 0 bridgehead atoms. The lowest BCUT2D eigenvalue weighted by atomic mass is 9.75. The van der Waals surface area contributed by atoms with E-state index in [0.717, 1.165) is 35.5 Å². The molecule has 0 saturated heterocycles. The highest BCUT2D eigenvalue weighted by molar-refractivity contribution is 5.32. The molecule has 6 unspecified atom stereocenters. The fourth-order valence-electron chi connectivity index (χ4n) is 7.14. The van der Waals surface area contributed by atoms with Gasteiger partial charge in [0.1, 0.15) is 0 Å². The van der Waals surface area contributed by atoms with E-state index in [1.165, 1.54) is 70.6 Å². The van der Waals surface area contributed by atoms with E-state index in [1.807, 2.05) is 0 Å². The van der Waals surface area contributed by atoms with Gasteiger partial charge < -0.3 is 0 Å². The highest BCUT2D eigenvalue weighted by Gasteiger charge is 2.39. The molecule has 138 valence electrons. The van der Waals surface area contributed by atoms with Crippen LogP contribution >= 0.6 is 0 Å². The summed E-state index contributed by atoms with van der Waals surface area (Å²) in [6.45, 7) is 4.83. The largest absolute Gasteiger partial charge is 0.0651 e. The Morgan fingerprint density at radius 1 is 0.800 bits per heavy atom. The molecule has 3 aliphatic carbocycles. The van der Waals surface area contributed by atoms with E-state index in [0.29, 0.717) is 0 Å². The van der Waals surface area contributed by atoms with E-state index in [4.69, 9.17) is 0 Å². The summed E-state index contributed by atoms with van der Waals surface area (Å²) < 4.78 is 0. The summed E-state index contributed by atoms with van der Waals surface area (Å²) in [6.07, 6.45) is 16.1. The van der Waals surface area contributed by atoms with Crippen LogP contribution in [-0.2, 0) is 6.42 Å².